The molecule has 0 unspecified atom stereocenters. The van der Waals surface area contributed by atoms with Crippen LogP contribution in [0.3, 0.4) is 0 Å². The molecule has 5 heteroatoms. The lowest BCUT2D eigenvalue weighted by molar-refractivity contribution is -0.118. The van der Waals surface area contributed by atoms with E-state index in [2.05, 4.69) is 10.2 Å². The van der Waals surface area contributed by atoms with E-state index in [0.717, 1.165) is 43.1 Å². The summed E-state index contributed by atoms with van der Waals surface area (Å²) in [6.07, 6.45) is 2.09. The van der Waals surface area contributed by atoms with Gasteiger partial charge >= 0.3 is 0 Å². The quantitative estimate of drug-likeness (QED) is 0.769. The van der Waals surface area contributed by atoms with Gasteiger partial charge in [-0.15, -0.1) is 0 Å². The van der Waals surface area contributed by atoms with E-state index in [1.54, 1.807) is 0 Å². The van der Waals surface area contributed by atoms with Crippen LogP contribution >= 0.6 is 0 Å². The fourth-order valence-corrected chi connectivity index (χ4v) is 1.93. The molecule has 3 N–H and O–H groups in total. The Morgan fingerprint density at radius 2 is 2.28 bits per heavy atom. The van der Waals surface area contributed by atoms with E-state index in [1.807, 2.05) is 25.2 Å². The summed E-state index contributed by atoms with van der Waals surface area (Å²) in [4.78, 5) is 13.4. The Kier molecular flexibility index (Phi) is 4.04. The molecule has 98 valence electrons. The normalized spacial score (nSPS) is 13.6. The van der Waals surface area contributed by atoms with Crippen LogP contribution in [0.5, 0.6) is 5.75 Å². The summed E-state index contributed by atoms with van der Waals surface area (Å²) in [5.41, 5.74) is 7.29. The molecule has 1 aromatic rings. The highest BCUT2D eigenvalue weighted by Gasteiger charge is 2.16. The summed E-state index contributed by atoms with van der Waals surface area (Å²) in [7, 11) is 2.03. The highest BCUT2D eigenvalue weighted by atomic mass is 16.5. The molecule has 0 saturated carbocycles. The van der Waals surface area contributed by atoms with Gasteiger partial charge in [0.05, 0.1) is 5.69 Å². The molecule has 0 fully saturated rings. The van der Waals surface area contributed by atoms with Crippen molar-refractivity contribution in [2.24, 2.45) is 5.73 Å². The van der Waals surface area contributed by atoms with Gasteiger partial charge in [0.2, 0.25) is 0 Å². The number of carbonyl (C=O) groups is 1. The van der Waals surface area contributed by atoms with Gasteiger partial charge in [-0.1, -0.05) is 0 Å². The molecule has 1 aromatic carbocycles. The molecule has 0 aromatic heterocycles. The summed E-state index contributed by atoms with van der Waals surface area (Å²) in [6, 6.07) is 5.83. The third kappa shape index (κ3) is 2.92. The zero-order valence-corrected chi connectivity index (χ0v) is 10.6. The number of nitrogens with zero attached hydrogens (tertiary/aromatic N) is 1. The van der Waals surface area contributed by atoms with Gasteiger partial charge in [-0.25, -0.2) is 0 Å². The monoisotopic (exact) mass is 249 g/mol. The highest BCUT2D eigenvalue weighted by molar-refractivity contribution is 5.96. The number of carbonyl (C=O) groups excluding carboxylic acids is 1. The number of unbranched alkanes of at least 4 members (excludes halogenated alkanes) is 1. The molecule has 0 spiro atoms. The molecule has 0 aliphatic carbocycles. The Morgan fingerprint density at radius 3 is 3.06 bits per heavy atom. The zero-order chi connectivity index (χ0) is 13.0. The summed E-state index contributed by atoms with van der Waals surface area (Å²) >= 11 is 0. The first kappa shape index (κ1) is 12.7. The summed E-state index contributed by atoms with van der Waals surface area (Å²) in [6.45, 7) is 1.77. The average Bonchev–Trinajstić information content (AvgIpc) is 2.38. The maximum atomic E-state index is 11.3. The van der Waals surface area contributed by atoms with Crippen molar-refractivity contribution in [1.29, 1.82) is 0 Å². The number of nitrogens with one attached hydrogen (secondary N) is 1. The van der Waals surface area contributed by atoms with Gasteiger partial charge in [-0.3, -0.25) is 4.79 Å². The Hall–Kier alpha value is -1.75. The van der Waals surface area contributed by atoms with Crippen LogP contribution in [-0.4, -0.2) is 32.7 Å². The number of hydrogen-bond donors (Lipinski definition) is 2. The first-order chi connectivity index (χ1) is 8.70. The van der Waals surface area contributed by atoms with E-state index >= 15 is 0 Å². The van der Waals surface area contributed by atoms with Crippen LogP contribution in [0.15, 0.2) is 18.2 Å². The lowest BCUT2D eigenvalue weighted by atomic mass is 10.2. The first-order valence-electron chi connectivity index (χ1n) is 6.18. The third-order valence-corrected chi connectivity index (χ3v) is 2.98. The van der Waals surface area contributed by atoms with Gasteiger partial charge in [0, 0.05) is 19.3 Å². The zero-order valence-electron chi connectivity index (χ0n) is 10.6. The van der Waals surface area contributed by atoms with Crippen LogP contribution in [-0.2, 0) is 4.79 Å². The molecule has 1 heterocycles. The van der Waals surface area contributed by atoms with E-state index in [0.29, 0.717) is 0 Å². The molecule has 0 saturated heterocycles. The van der Waals surface area contributed by atoms with Crippen molar-refractivity contribution in [3.63, 3.8) is 0 Å². The molecule has 5 nitrogen and oxygen atoms in total. The number of ether oxygens (including phenoxy) is 1. The SMILES string of the molecule is CN(CCCCN)c1ccc2c(c1)NC(=O)CO2. The number of benzene rings is 1. The Morgan fingerprint density at radius 1 is 1.44 bits per heavy atom. The Labute approximate surface area is 107 Å². The van der Waals surface area contributed by atoms with Crippen molar-refractivity contribution in [3.05, 3.63) is 18.2 Å². The predicted octanol–water partition coefficient (Wildman–Crippen LogP) is 1.19. The maximum absolute atomic E-state index is 11.3. The molecule has 1 aliphatic heterocycles. The second-order valence-corrected chi connectivity index (χ2v) is 4.43. The van der Waals surface area contributed by atoms with Gasteiger partial charge < -0.3 is 20.7 Å². The first-order valence-corrected chi connectivity index (χ1v) is 6.18. The molecule has 2 rings (SSSR count). The summed E-state index contributed by atoms with van der Waals surface area (Å²) in [5, 5.41) is 2.81. The highest BCUT2D eigenvalue weighted by Crippen LogP contribution is 2.31. The van der Waals surface area contributed by atoms with Crippen molar-refractivity contribution < 1.29 is 9.53 Å². The Balaban J connectivity index is 2.05. The lowest BCUT2D eigenvalue weighted by Crippen LogP contribution is -2.26. The predicted molar refractivity (Wildman–Crippen MR) is 72.1 cm³/mol. The van der Waals surface area contributed by atoms with Crippen LogP contribution < -0.4 is 20.7 Å². The van der Waals surface area contributed by atoms with Gasteiger partial charge in [0.15, 0.2) is 6.61 Å². The van der Waals surface area contributed by atoms with E-state index < -0.39 is 0 Å². The van der Waals surface area contributed by atoms with Crippen molar-refractivity contribution in [2.45, 2.75) is 12.8 Å². The molecule has 18 heavy (non-hydrogen) atoms. The van der Waals surface area contributed by atoms with Crippen molar-refractivity contribution >= 4 is 17.3 Å². The van der Waals surface area contributed by atoms with Crippen molar-refractivity contribution in [2.75, 3.05) is 37.0 Å². The van der Waals surface area contributed by atoms with Crippen molar-refractivity contribution in [1.82, 2.24) is 0 Å². The van der Waals surface area contributed by atoms with Crippen LogP contribution in [0.1, 0.15) is 12.8 Å². The van der Waals surface area contributed by atoms with Crippen LogP contribution in [0, 0.1) is 0 Å². The number of anilines is 2. The van der Waals surface area contributed by atoms with Gasteiger partial charge in [-0.2, -0.15) is 0 Å². The fourth-order valence-electron chi connectivity index (χ4n) is 1.93. The number of hydrogen-bond acceptors (Lipinski definition) is 4. The minimum Gasteiger partial charge on any atom is -0.482 e. The smallest absolute Gasteiger partial charge is 0.262 e. The minimum atomic E-state index is -0.106. The topological polar surface area (TPSA) is 67.6 Å². The van der Waals surface area contributed by atoms with E-state index in [1.165, 1.54) is 0 Å². The maximum Gasteiger partial charge on any atom is 0.262 e. The average molecular weight is 249 g/mol. The molecule has 0 bridgehead atoms. The van der Waals surface area contributed by atoms with Gasteiger partial charge in [-0.05, 0) is 37.6 Å². The molecular weight excluding hydrogens is 230 g/mol. The van der Waals surface area contributed by atoms with E-state index in [-0.39, 0.29) is 12.5 Å². The second kappa shape index (κ2) is 5.73. The van der Waals surface area contributed by atoms with E-state index in [4.69, 9.17) is 10.5 Å². The standard InChI is InChI=1S/C13H19N3O2/c1-16(7-3-2-6-14)10-4-5-12-11(8-10)15-13(17)9-18-12/h4-5,8H,2-3,6-7,9,14H2,1H3,(H,15,17). The lowest BCUT2D eigenvalue weighted by Gasteiger charge is -2.23. The Bertz CT molecular complexity index is 434. The summed E-state index contributed by atoms with van der Waals surface area (Å²) < 4.78 is 5.32. The largest absolute Gasteiger partial charge is 0.482 e. The van der Waals surface area contributed by atoms with Gasteiger partial charge in [0.1, 0.15) is 5.75 Å². The number of nitrogens with two attached hydrogens (primary N) is 1. The third-order valence-electron chi connectivity index (χ3n) is 2.98. The molecule has 1 amide bonds. The number of rotatable bonds is 5. The number of amides is 1. The van der Waals surface area contributed by atoms with Gasteiger partial charge in [0.25, 0.3) is 5.91 Å². The molecular formula is C13H19N3O2. The molecule has 0 radical (unpaired) electrons. The van der Waals surface area contributed by atoms with Crippen LogP contribution in [0.25, 0.3) is 0 Å². The number of fused-ring (bicyclic) bond motifs is 1. The fraction of sp³-hybridized carbons (Fsp3) is 0.462. The van der Waals surface area contributed by atoms with Crippen LogP contribution in [0.4, 0.5) is 11.4 Å². The minimum absolute atomic E-state index is 0.0959. The van der Waals surface area contributed by atoms with E-state index in [9.17, 15) is 4.79 Å². The second-order valence-electron chi connectivity index (χ2n) is 4.43. The molecule has 0 atom stereocenters. The van der Waals surface area contributed by atoms with Crippen molar-refractivity contribution in [3.8, 4) is 5.75 Å². The van der Waals surface area contributed by atoms with Crippen LogP contribution in [0.2, 0.25) is 0 Å². The molecule has 1 aliphatic rings. The summed E-state index contributed by atoms with van der Waals surface area (Å²) in [5.74, 6) is 0.624.